The zero-order valence-electron chi connectivity index (χ0n) is 10.3. The van der Waals surface area contributed by atoms with Crippen molar-refractivity contribution in [2.75, 3.05) is 13.1 Å². The van der Waals surface area contributed by atoms with Gasteiger partial charge in [0, 0.05) is 19.1 Å². The monoisotopic (exact) mass is 242 g/mol. The Labute approximate surface area is 99.9 Å². The topological polar surface area (TPSA) is 78.9 Å². The van der Waals surface area contributed by atoms with E-state index < -0.39 is 23.6 Å². The van der Waals surface area contributed by atoms with Crippen molar-refractivity contribution in [3.05, 3.63) is 0 Å². The first-order valence-corrected chi connectivity index (χ1v) is 5.75. The van der Waals surface area contributed by atoms with Crippen molar-refractivity contribution < 1.29 is 19.4 Å². The van der Waals surface area contributed by atoms with Crippen LogP contribution in [0.5, 0.6) is 0 Å². The van der Waals surface area contributed by atoms with E-state index in [-0.39, 0.29) is 18.6 Å². The molecule has 0 aromatic carbocycles. The highest BCUT2D eigenvalue weighted by atomic mass is 16.6. The molecule has 0 spiro atoms. The van der Waals surface area contributed by atoms with Crippen molar-refractivity contribution in [3.63, 3.8) is 0 Å². The van der Waals surface area contributed by atoms with Gasteiger partial charge in [0.25, 0.3) is 0 Å². The summed E-state index contributed by atoms with van der Waals surface area (Å²) in [6.07, 6.45) is -0.419. The molecule has 6 heteroatoms. The van der Waals surface area contributed by atoms with E-state index in [9.17, 15) is 9.59 Å². The van der Waals surface area contributed by atoms with E-state index in [1.165, 1.54) is 4.90 Å². The first-order valence-electron chi connectivity index (χ1n) is 5.75. The van der Waals surface area contributed by atoms with Crippen molar-refractivity contribution >= 4 is 12.1 Å². The van der Waals surface area contributed by atoms with Crippen LogP contribution in [0, 0.1) is 5.92 Å². The third-order valence-corrected chi connectivity index (χ3v) is 3.15. The molecule has 6 nitrogen and oxygen atoms in total. The highest BCUT2D eigenvalue weighted by Gasteiger charge is 2.52. The van der Waals surface area contributed by atoms with Gasteiger partial charge in [-0.05, 0) is 20.8 Å². The number of carbonyl (C=O) groups excluding carboxylic acids is 1. The maximum atomic E-state index is 11.9. The minimum atomic E-state index is -0.863. The van der Waals surface area contributed by atoms with Crippen LogP contribution in [0.25, 0.3) is 0 Å². The Morgan fingerprint density at radius 2 is 2.06 bits per heavy atom. The van der Waals surface area contributed by atoms with Crippen LogP contribution in [-0.2, 0) is 9.53 Å². The summed E-state index contributed by atoms with van der Waals surface area (Å²) in [6, 6.07) is -0.161. The molecule has 1 unspecified atom stereocenters. The van der Waals surface area contributed by atoms with Gasteiger partial charge in [-0.2, -0.15) is 0 Å². The van der Waals surface area contributed by atoms with Crippen LogP contribution >= 0.6 is 0 Å². The predicted molar refractivity (Wildman–Crippen MR) is 59.6 cm³/mol. The van der Waals surface area contributed by atoms with E-state index in [0.29, 0.717) is 6.54 Å². The van der Waals surface area contributed by atoms with E-state index >= 15 is 0 Å². The van der Waals surface area contributed by atoms with Gasteiger partial charge in [0.1, 0.15) is 5.60 Å². The second kappa shape index (κ2) is 3.87. The van der Waals surface area contributed by atoms with Gasteiger partial charge in [0.2, 0.25) is 0 Å². The number of carboxylic acid groups (broad SMARTS) is 1. The van der Waals surface area contributed by atoms with Crippen LogP contribution in [0.4, 0.5) is 4.79 Å². The fraction of sp³-hybridized carbons (Fsp3) is 0.818. The lowest BCUT2D eigenvalue weighted by atomic mass is 9.93. The Morgan fingerprint density at radius 3 is 2.41 bits per heavy atom. The summed E-state index contributed by atoms with van der Waals surface area (Å²) in [5.41, 5.74) is -0.551. The van der Waals surface area contributed by atoms with Crippen LogP contribution in [0.15, 0.2) is 0 Å². The number of rotatable bonds is 1. The molecule has 0 bridgehead atoms. The van der Waals surface area contributed by atoms with E-state index in [1.807, 2.05) is 0 Å². The average molecular weight is 242 g/mol. The molecule has 2 aliphatic rings. The zero-order chi connectivity index (χ0) is 12.8. The molecule has 2 saturated heterocycles. The van der Waals surface area contributed by atoms with Gasteiger partial charge in [-0.1, -0.05) is 0 Å². The molecule has 2 rings (SSSR count). The molecule has 2 aliphatic heterocycles. The smallest absolute Gasteiger partial charge is 0.410 e. The van der Waals surface area contributed by atoms with Crippen molar-refractivity contribution in [3.8, 4) is 0 Å². The van der Waals surface area contributed by atoms with E-state index in [2.05, 4.69) is 5.32 Å². The van der Waals surface area contributed by atoms with Crippen LogP contribution in [0.2, 0.25) is 0 Å². The molecule has 0 aromatic heterocycles. The number of ether oxygens (including phenoxy) is 1. The number of likely N-dealkylation sites (tertiary alicyclic amines) is 1. The Kier molecular flexibility index (Phi) is 2.77. The normalized spacial score (nSPS) is 31.7. The van der Waals surface area contributed by atoms with Crippen LogP contribution < -0.4 is 5.32 Å². The highest BCUT2D eigenvalue weighted by Crippen LogP contribution is 2.30. The first-order chi connectivity index (χ1) is 7.79. The van der Waals surface area contributed by atoms with E-state index in [1.54, 1.807) is 20.8 Å². The van der Waals surface area contributed by atoms with Crippen molar-refractivity contribution in [2.24, 2.45) is 5.92 Å². The van der Waals surface area contributed by atoms with Gasteiger partial charge in [0.15, 0.2) is 0 Å². The number of aliphatic carboxylic acids is 1. The molecule has 17 heavy (non-hydrogen) atoms. The number of nitrogens with one attached hydrogen (secondary N) is 1. The minimum absolute atomic E-state index is 0.0362. The molecule has 1 amide bonds. The number of fused-ring (bicyclic) bond motifs is 1. The fourth-order valence-corrected chi connectivity index (χ4v) is 2.30. The maximum Gasteiger partial charge on any atom is 0.410 e. The lowest BCUT2D eigenvalue weighted by molar-refractivity contribution is -0.142. The summed E-state index contributed by atoms with van der Waals surface area (Å²) in [7, 11) is 0. The Morgan fingerprint density at radius 1 is 1.41 bits per heavy atom. The summed E-state index contributed by atoms with van der Waals surface area (Å²) >= 11 is 0. The number of nitrogens with zero attached hydrogens (tertiary/aromatic N) is 1. The number of carbonyl (C=O) groups is 2. The standard InChI is InChI=1S/C11H18N2O4/c1-11(2,3)17-10(16)13-5-6(9(14)15)8-7(13)4-12-8/h6-8,12H,4-5H2,1-3H3,(H,14,15)/t6?,7-,8-/m0/s1. The molecule has 0 saturated carbocycles. The van der Waals surface area contributed by atoms with Gasteiger partial charge in [-0.25, -0.2) is 4.79 Å². The van der Waals surface area contributed by atoms with Crippen molar-refractivity contribution in [1.82, 2.24) is 10.2 Å². The van der Waals surface area contributed by atoms with Gasteiger partial charge in [0.05, 0.1) is 12.0 Å². The number of hydrogen-bond acceptors (Lipinski definition) is 4. The largest absolute Gasteiger partial charge is 0.481 e. The number of hydrogen-bond donors (Lipinski definition) is 2. The minimum Gasteiger partial charge on any atom is -0.481 e. The SMILES string of the molecule is CC(C)(C)OC(=O)N1CC(C(=O)O)[C@@H]2NC[C@@H]21. The second-order valence-corrected chi connectivity index (χ2v) is 5.58. The van der Waals surface area contributed by atoms with Crippen molar-refractivity contribution in [2.45, 2.75) is 38.5 Å². The molecule has 2 N–H and O–H groups in total. The first kappa shape index (κ1) is 12.2. The molecular formula is C11H18N2O4. The number of amides is 1. The summed E-state index contributed by atoms with van der Waals surface area (Å²) in [5, 5.41) is 12.1. The molecule has 2 fully saturated rings. The Hall–Kier alpha value is -1.30. The number of carboxylic acids is 1. The molecule has 0 aromatic rings. The Bertz CT molecular complexity index is 350. The summed E-state index contributed by atoms with van der Waals surface area (Å²) < 4.78 is 5.27. The predicted octanol–water partition coefficient (Wildman–Crippen LogP) is 0.278. The van der Waals surface area contributed by atoms with Crippen molar-refractivity contribution in [1.29, 1.82) is 0 Å². The summed E-state index contributed by atoms with van der Waals surface area (Å²) in [5.74, 6) is -1.39. The third-order valence-electron chi connectivity index (χ3n) is 3.15. The lowest BCUT2D eigenvalue weighted by Gasteiger charge is -2.38. The van der Waals surface area contributed by atoms with Gasteiger partial charge in [-0.15, -0.1) is 0 Å². The van der Waals surface area contributed by atoms with E-state index in [4.69, 9.17) is 9.84 Å². The third kappa shape index (κ3) is 2.22. The second-order valence-electron chi connectivity index (χ2n) is 5.58. The summed E-state index contributed by atoms with van der Waals surface area (Å²) in [6.45, 7) is 6.27. The molecule has 96 valence electrons. The summed E-state index contributed by atoms with van der Waals surface area (Å²) in [4.78, 5) is 24.5. The van der Waals surface area contributed by atoms with Gasteiger partial charge in [-0.3, -0.25) is 4.79 Å². The molecule has 0 aliphatic carbocycles. The average Bonchev–Trinajstić information content (AvgIpc) is 2.34. The molecule has 0 radical (unpaired) electrons. The lowest BCUT2D eigenvalue weighted by Crippen LogP contribution is -2.62. The van der Waals surface area contributed by atoms with Crippen LogP contribution in [0.3, 0.4) is 0 Å². The quantitative estimate of drug-likeness (QED) is 0.690. The molecule has 3 atom stereocenters. The van der Waals surface area contributed by atoms with E-state index in [0.717, 1.165) is 0 Å². The van der Waals surface area contributed by atoms with Crippen LogP contribution in [-0.4, -0.2) is 52.8 Å². The maximum absolute atomic E-state index is 11.9. The van der Waals surface area contributed by atoms with Crippen LogP contribution in [0.1, 0.15) is 20.8 Å². The molecule has 2 heterocycles. The van der Waals surface area contributed by atoms with Gasteiger partial charge >= 0.3 is 12.1 Å². The highest BCUT2D eigenvalue weighted by molar-refractivity contribution is 5.76. The zero-order valence-corrected chi connectivity index (χ0v) is 10.3. The Balaban J connectivity index is 2.03. The molecular weight excluding hydrogens is 224 g/mol. The fourth-order valence-electron chi connectivity index (χ4n) is 2.30. The van der Waals surface area contributed by atoms with Gasteiger partial charge < -0.3 is 20.1 Å².